The van der Waals surface area contributed by atoms with Crippen LogP contribution in [0.5, 0.6) is 11.5 Å². The van der Waals surface area contributed by atoms with E-state index in [0.29, 0.717) is 17.1 Å². The number of ether oxygens (including phenoxy) is 2. The molecule has 0 aliphatic carbocycles. The number of nitrogens with zero attached hydrogens (tertiary/aromatic N) is 1. The van der Waals surface area contributed by atoms with E-state index < -0.39 is 17.7 Å². The Bertz CT molecular complexity index is 839. The molecular weight excluding hydrogens is 365 g/mol. The third-order valence-electron chi connectivity index (χ3n) is 4.41. The highest BCUT2D eigenvalue weighted by Crippen LogP contribution is 2.30. The van der Waals surface area contributed by atoms with Gasteiger partial charge in [-0.2, -0.15) is 0 Å². The zero-order valence-electron chi connectivity index (χ0n) is 16.1. The van der Waals surface area contributed by atoms with Crippen LogP contribution in [0.4, 0.5) is 4.39 Å². The van der Waals surface area contributed by atoms with Crippen molar-refractivity contribution < 1.29 is 28.6 Å². The molecule has 1 atom stereocenters. The van der Waals surface area contributed by atoms with Gasteiger partial charge in [-0.3, -0.25) is 9.59 Å². The van der Waals surface area contributed by atoms with Gasteiger partial charge in [-0.25, -0.2) is 4.39 Å². The summed E-state index contributed by atoms with van der Waals surface area (Å²) < 4.78 is 24.0. The van der Waals surface area contributed by atoms with Gasteiger partial charge in [-0.05, 0) is 29.8 Å². The molecule has 6 nitrogen and oxygen atoms in total. The molecular formula is C21H24FNO5. The van der Waals surface area contributed by atoms with Crippen LogP contribution >= 0.6 is 0 Å². The largest absolute Gasteiger partial charge is 0.493 e. The Morgan fingerprint density at radius 3 is 2.39 bits per heavy atom. The van der Waals surface area contributed by atoms with Gasteiger partial charge in [-0.1, -0.05) is 18.2 Å². The molecule has 0 saturated heterocycles. The lowest BCUT2D eigenvalue weighted by Gasteiger charge is -2.21. The predicted octanol–water partition coefficient (Wildman–Crippen LogP) is 3.00. The first kappa shape index (κ1) is 21.4. The van der Waals surface area contributed by atoms with Crippen molar-refractivity contribution in [3.05, 3.63) is 59.4 Å². The molecule has 1 N–H and O–H groups in total. The maximum absolute atomic E-state index is 13.6. The smallest absolute Gasteiger partial charge is 0.222 e. The molecule has 0 fully saturated rings. The molecule has 150 valence electrons. The number of methoxy groups -OCH3 is 2. The monoisotopic (exact) mass is 389 g/mol. The second-order valence-corrected chi connectivity index (χ2v) is 6.31. The lowest BCUT2D eigenvalue weighted by atomic mass is 10.1. The van der Waals surface area contributed by atoms with E-state index in [0.717, 1.165) is 0 Å². The van der Waals surface area contributed by atoms with Crippen molar-refractivity contribution in [2.75, 3.05) is 27.8 Å². The summed E-state index contributed by atoms with van der Waals surface area (Å²) in [7, 11) is 4.55. The number of Topliss-reactive ketones (excluding diaryl/α,β-unsaturated/α-hetero) is 1. The van der Waals surface area contributed by atoms with Gasteiger partial charge in [0, 0.05) is 19.9 Å². The molecule has 0 aliphatic rings. The molecule has 0 saturated carbocycles. The summed E-state index contributed by atoms with van der Waals surface area (Å²) in [6.45, 7) is 0.0439. The van der Waals surface area contributed by atoms with Gasteiger partial charge in [-0.15, -0.1) is 0 Å². The molecule has 2 aromatic rings. The number of amides is 1. The Hall–Kier alpha value is -2.93. The summed E-state index contributed by atoms with van der Waals surface area (Å²) in [5.74, 6) is -0.334. The van der Waals surface area contributed by atoms with E-state index in [4.69, 9.17) is 9.47 Å². The Kier molecular flexibility index (Phi) is 7.52. The fraction of sp³-hybridized carbons (Fsp3) is 0.333. The van der Waals surface area contributed by atoms with Crippen LogP contribution in [0.25, 0.3) is 0 Å². The number of hydrogen-bond donors (Lipinski definition) is 1. The van der Waals surface area contributed by atoms with Crippen LogP contribution in [0.3, 0.4) is 0 Å². The maximum atomic E-state index is 13.6. The van der Waals surface area contributed by atoms with Crippen LogP contribution in [-0.2, 0) is 4.79 Å². The molecule has 0 radical (unpaired) electrons. The van der Waals surface area contributed by atoms with Crippen LogP contribution in [0, 0.1) is 5.82 Å². The maximum Gasteiger partial charge on any atom is 0.222 e. The summed E-state index contributed by atoms with van der Waals surface area (Å²) in [6, 6.07) is 10.7. The normalized spacial score (nSPS) is 11.6. The highest BCUT2D eigenvalue weighted by atomic mass is 19.1. The summed E-state index contributed by atoms with van der Waals surface area (Å²) in [4.78, 5) is 25.7. The first-order chi connectivity index (χ1) is 13.4. The minimum absolute atomic E-state index is 0.0247. The van der Waals surface area contributed by atoms with E-state index in [1.807, 2.05) is 0 Å². The number of halogens is 1. The van der Waals surface area contributed by atoms with Crippen molar-refractivity contribution >= 4 is 11.7 Å². The second kappa shape index (κ2) is 9.85. The van der Waals surface area contributed by atoms with Crippen molar-refractivity contribution in [3.8, 4) is 11.5 Å². The fourth-order valence-corrected chi connectivity index (χ4v) is 2.76. The van der Waals surface area contributed by atoms with Crippen molar-refractivity contribution in [3.63, 3.8) is 0 Å². The summed E-state index contributed by atoms with van der Waals surface area (Å²) in [6.07, 6.45) is -1.10. The molecule has 0 spiro atoms. The van der Waals surface area contributed by atoms with E-state index in [1.54, 1.807) is 31.3 Å². The average molecular weight is 389 g/mol. The van der Waals surface area contributed by atoms with Gasteiger partial charge in [0.15, 0.2) is 17.3 Å². The van der Waals surface area contributed by atoms with Crippen molar-refractivity contribution in [2.24, 2.45) is 0 Å². The summed E-state index contributed by atoms with van der Waals surface area (Å²) in [5, 5.41) is 10.4. The number of hydrogen-bond acceptors (Lipinski definition) is 5. The number of benzene rings is 2. The van der Waals surface area contributed by atoms with Crippen molar-refractivity contribution in [1.82, 2.24) is 4.90 Å². The molecule has 2 aromatic carbocycles. The Labute approximate surface area is 163 Å². The number of likely N-dealkylation sites (N-methyl/N-ethyl adjacent to an activating group) is 1. The molecule has 0 bridgehead atoms. The Morgan fingerprint density at radius 1 is 1.07 bits per heavy atom. The first-order valence-corrected chi connectivity index (χ1v) is 8.79. The quantitative estimate of drug-likeness (QED) is 0.668. The van der Waals surface area contributed by atoms with Gasteiger partial charge in [0.1, 0.15) is 5.82 Å². The summed E-state index contributed by atoms with van der Waals surface area (Å²) in [5.41, 5.74) is 0.544. The molecule has 7 heteroatoms. The Morgan fingerprint density at radius 2 is 1.75 bits per heavy atom. The van der Waals surface area contributed by atoms with Gasteiger partial charge in [0.25, 0.3) is 0 Å². The van der Waals surface area contributed by atoms with Gasteiger partial charge in [0.2, 0.25) is 5.91 Å². The topological polar surface area (TPSA) is 76.1 Å². The SMILES string of the molecule is COc1ccc(C(O)CN(C)C(=O)CCC(=O)c2ccccc2F)cc1OC. The number of ketones is 1. The number of carbonyl (C=O) groups excluding carboxylic acids is 2. The third-order valence-corrected chi connectivity index (χ3v) is 4.41. The minimum Gasteiger partial charge on any atom is -0.493 e. The molecule has 28 heavy (non-hydrogen) atoms. The van der Waals surface area contributed by atoms with Crippen molar-refractivity contribution in [2.45, 2.75) is 18.9 Å². The number of carbonyl (C=O) groups is 2. The molecule has 2 rings (SSSR count). The second-order valence-electron chi connectivity index (χ2n) is 6.31. The average Bonchev–Trinajstić information content (AvgIpc) is 2.71. The lowest BCUT2D eigenvalue weighted by molar-refractivity contribution is -0.131. The van der Waals surface area contributed by atoms with E-state index in [1.165, 1.54) is 37.3 Å². The number of aliphatic hydroxyl groups excluding tert-OH is 1. The molecule has 0 heterocycles. The predicted molar refractivity (Wildman–Crippen MR) is 102 cm³/mol. The van der Waals surface area contributed by atoms with E-state index in [-0.39, 0.29) is 30.9 Å². The van der Waals surface area contributed by atoms with Gasteiger partial charge in [0.05, 0.1) is 32.4 Å². The van der Waals surface area contributed by atoms with E-state index >= 15 is 0 Å². The van der Waals surface area contributed by atoms with Crippen LogP contribution in [0.1, 0.15) is 34.9 Å². The lowest BCUT2D eigenvalue weighted by Crippen LogP contribution is -2.31. The van der Waals surface area contributed by atoms with Gasteiger partial charge < -0.3 is 19.5 Å². The molecule has 0 aliphatic heterocycles. The highest BCUT2D eigenvalue weighted by molar-refractivity contribution is 5.98. The van der Waals surface area contributed by atoms with Crippen molar-refractivity contribution in [1.29, 1.82) is 0 Å². The molecule has 0 aromatic heterocycles. The van der Waals surface area contributed by atoms with E-state index in [9.17, 15) is 19.1 Å². The minimum atomic E-state index is -0.934. The molecule has 1 unspecified atom stereocenters. The van der Waals surface area contributed by atoms with Gasteiger partial charge >= 0.3 is 0 Å². The third kappa shape index (κ3) is 5.29. The first-order valence-electron chi connectivity index (χ1n) is 8.79. The number of aliphatic hydroxyl groups is 1. The zero-order chi connectivity index (χ0) is 20.7. The van der Waals surface area contributed by atoms with Crippen LogP contribution in [-0.4, -0.2) is 49.5 Å². The fourth-order valence-electron chi connectivity index (χ4n) is 2.76. The van der Waals surface area contributed by atoms with Crippen LogP contribution in [0.2, 0.25) is 0 Å². The number of rotatable bonds is 9. The molecule has 1 amide bonds. The van der Waals surface area contributed by atoms with E-state index in [2.05, 4.69) is 0 Å². The van der Waals surface area contributed by atoms with Crippen LogP contribution in [0.15, 0.2) is 42.5 Å². The Balaban J connectivity index is 1.93. The zero-order valence-corrected chi connectivity index (χ0v) is 16.1. The standard InChI is InChI=1S/C21H24FNO5/c1-23(13-18(25)14-8-10-19(27-2)20(12-14)28-3)21(26)11-9-17(24)15-6-4-5-7-16(15)22/h4-8,10,12,18,25H,9,11,13H2,1-3H3. The highest BCUT2D eigenvalue weighted by Gasteiger charge is 2.19. The summed E-state index contributed by atoms with van der Waals surface area (Å²) >= 11 is 0. The van der Waals surface area contributed by atoms with Crippen LogP contribution < -0.4 is 9.47 Å².